The van der Waals surface area contributed by atoms with Crippen LogP contribution in [0.1, 0.15) is 30.0 Å². The zero-order chi connectivity index (χ0) is 13.2. The van der Waals surface area contributed by atoms with Gasteiger partial charge in [0.25, 0.3) is 0 Å². The maximum Gasteiger partial charge on any atom is 0.389 e. The van der Waals surface area contributed by atoms with Gasteiger partial charge in [0, 0.05) is 24.4 Å². The van der Waals surface area contributed by atoms with E-state index >= 15 is 0 Å². The molecule has 0 aromatic heterocycles. The number of hydrogen-bond acceptors (Lipinski definition) is 2. The first-order valence-electron chi connectivity index (χ1n) is 6.00. The number of alkyl halides is 3. The van der Waals surface area contributed by atoms with E-state index in [1.165, 1.54) is 0 Å². The lowest BCUT2D eigenvalue weighted by Gasteiger charge is -2.20. The molecule has 0 bridgehead atoms. The van der Waals surface area contributed by atoms with E-state index in [4.69, 9.17) is 4.74 Å². The van der Waals surface area contributed by atoms with Crippen molar-refractivity contribution in [2.45, 2.75) is 31.5 Å². The average Bonchev–Trinajstić information content (AvgIpc) is 2.77. The van der Waals surface area contributed by atoms with Crippen LogP contribution in [-0.2, 0) is 6.42 Å². The Morgan fingerprint density at radius 1 is 1.39 bits per heavy atom. The molecule has 0 saturated carbocycles. The number of rotatable bonds is 4. The quantitative estimate of drug-likeness (QED) is 0.896. The van der Waals surface area contributed by atoms with Crippen LogP contribution < -0.4 is 10.1 Å². The number of benzene rings is 1. The van der Waals surface area contributed by atoms with Crippen LogP contribution in [-0.4, -0.2) is 19.8 Å². The van der Waals surface area contributed by atoms with Gasteiger partial charge in [-0.1, -0.05) is 18.2 Å². The van der Waals surface area contributed by atoms with Gasteiger partial charge >= 0.3 is 6.18 Å². The Balaban J connectivity index is 2.15. The van der Waals surface area contributed by atoms with E-state index in [2.05, 4.69) is 5.32 Å². The Morgan fingerprint density at radius 3 is 2.83 bits per heavy atom. The van der Waals surface area contributed by atoms with Gasteiger partial charge in [-0.2, -0.15) is 13.2 Å². The molecular formula is C13H16F3NO. The third kappa shape index (κ3) is 2.96. The van der Waals surface area contributed by atoms with Crippen LogP contribution >= 0.6 is 0 Å². The molecule has 0 spiro atoms. The molecule has 1 aromatic carbocycles. The van der Waals surface area contributed by atoms with Crippen molar-refractivity contribution in [1.29, 1.82) is 0 Å². The highest BCUT2D eigenvalue weighted by atomic mass is 19.4. The van der Waals surface area contributed by atoms with Gasteiger partial charge in [-0.05, 0) is 19.0 Å². The topological polar surface area (TPSA) is 21.3 Å². The molecule has 0 radical (unpaired) electrons. The fraction of sp³-hybridized carbons (Fsp3) is 0.538. The third-order valence-corrected chi connectivity index (χ3v) is 3.19. The minimum Gasteiger partial charge on any atom is -0.493 e. The van der Waals surface area contributed by atoms with Gasteiger partial charge in [-0.3, -0.25) is 0 Å². The molecule has 1 N–H and O–H groups in total. The molecule has 1 aromatic rings. The summed E-state index contributed by atoms with van der Waals surface area (Å²) in [4.78, 5) is 0. The highest BCUT2D eigenvalue weighted by Gasteiger charge is 2.29. The molecule has 5 heteroatoms. The lowest BCUT2D eigenvalue weighted by molar-refractivity contribution is -0.136. The summed E-state index contributed by atoms with van der Waals surface area (Å²) in [6.45, 7) is 0.613. The summed E-state index contributed by atoms with van der Waals surface area (Å²) in [5, 5.41) is 2.94. The van der Waals surface area contributed by atoms with Crippen molar-refractivity contribution in [3.05, 3.63) is 29.3 Å². The highest BCUT2D eigenvalue weighted by Crippen LogP contribution is 2.36. The molecule has 0 saturated heterocycles. The molecule has 0 fully saturated rings. The van der Waals surface area contributed by atoms with E-state index in [1.807, 2.05) is 18.2 Å². The summed E-state index contributed by atoms with van der Waals surface area (Å²) < 4.78 is 42.4. The van der Waals surface area contributed by atoms with Crippen LogP contribution in [0.15, 0.2) is 18.2 Å². The van der Waals surface area contributed by atoms with Crippen LogP contribution in [0.5, 0.6) is 5.75 Å². The second kappa shape index (κ2) is 5.18. The van der Waals surface area contributed by atoms with E-state index in [9.17, 15) is 13.2 Å². The normalized spacial score (nSPS) is 16.2. The fourth-order valence-corrected chi connectivity index (χ4v) is 2.28. The van der Waals surface area contributed by atoms with E-state index in [1.54, 1.807) is 7.05 Å². The maximum atomic E-state index is 12.3. The summed E-state index contributed by atoms with van der Waals surface area (Å²) in [6.07, 6.45) is -4.05. The number of fused-ring (bicyclic) bond motifs is 1. The van der Waals surface area contributed by atoms with Crippen molar-refractivity contribution in [3.63, 3.8) is 0 Å². The smallest absolute Gasteiger partial charge is 0.389 e. The number of nitrogens with one attached hydrogen (secondary N) is 1. The lowest BCUT2D eigenvalue weighted by Crippen LogP contribution is -2.20. The first-order valence-corrected chi connectivity index (χ1v) is 6.00. The number of hydrogen-bond donors (Lipinski definition) is 1. The van der Waals surface area contributed by atoms with Crippen LogP contribution in [0.2, 0.25) is 0 Å². The largest absolute Gasteiger partial charge is 0.493 e. The van der Waals surface area contributed by atoms with Crippen molar-refractivity contribution < 1.29 is 17.9 Å². The molecule has 1 atom stereocenters. The third-order valence-electron chi connectivity index (χ3n) is 3.19. The number of para-hydroxylation sites is 1. The van der Waals surface area contributed by atoms with Gasteiger partial charge in [0.2, 0.25) is 0 Å². The second-order valence-corrected chi connectivity index (χ2v) is 4.43. The molecule has 1 heterocycles. The Kier molecular flexibility index (Phi) is 3.80. The average molecular weight is 259 g/mol. The van der Waals surface area contributed by atoms with E-state index in [0.717, 1.165) is 23.3 Å². The fourth-order valence-electron chi connectivity index (χ4n) is 2.28. The molecular weight excluding hydrogens is 243 g/mol. The Labute approximate surface area is 104 Å². The van der Waals surface area contributed by atoms with Crippen molar-refractivity contribution >= 4 is 0 Å². The molecule has 18 heavy (non-hydrogen) atoms. The molecule has 0 aliphatic carbocycles. The maximum absolute atomic E-state index is 12.3. The van der Waals surface area contributed by atoms with E-state index in [0.29, 0.717) is 6.61 Å². The summed E-state index contributed by atoms with van der Waals surface area (Å²) in [5.74, 6) is 0.763. The summed E-state index contributed by atoms with van der Waals surface area (Å²) in [6, 6.07) is 5.35. The molecule has 0 amide bonds. The highest BCUT2D eigenvalue weighted by molar-refractivity contribution is 5.45. The van der Waals surface area contributed by atoms with Gasteiger partial charge < -0.3 is 10.1 Å². The zero-order valence-electron chi connectivity index (χ0n) is 10.2. The van der Waals surface area contributed by atoms with Crippen molar-refractivity contribution in [2.24, 2.45) is 0 Å². The predicted molar refractivity (Wildman–Crippen MR) is 62.7 cm³/mol. The summed E-state index contributed by atoms with van der Waals surface area (Å²) in [7, 11) is 1.68. The summed E-state index contributed by atoms with van der Waals surface area (Å²) >= 11 is 0. The van der Waals surface area contributed by atoms with E-state index < -0.39 is 12.6 Å². The van der Waals surface area contributed by atoms with Crippen LogP contribution in [0.3, 0.4) is 0 Å². The van der Waals surface area contributed by atoms with Gasteiger partial charge in [-0.25, -0.2) is 0 Å². The monoisotopic (exact) mass is 259 g/mol. The SMILES string of the molecule is CNC(CCC(F)(F)F)c1cccc2c1OCC2. The Morgan fingerprint density at radius 2 is 2.17 bits per heavy atom. The molecule has 2 rings (SSSR count). The molecule has 1 aliphatic heterocycles. The first-order chi connectivity index (χ1) is 8.51. The number of halogens is 3. The minimum atomic E-state index is -4.12. The lowest BCUT2D eigenvalue weighted by atomic mass is 9.98. The Hall–Kier alpha value is -1.23. The van der Waals surface area contributed by atoms with Crippen LogP contribution in [0, 0.1) is 0 Å². The zero-order valence-corrected chi connectivity index (χ0v) is 10.2. The van der Waals surface area contributed by atoms with Gasteiger partial charge in [-0.15, -0.1) is 0 Å². The van der Waals surface area contributed by atoms with Gasteiger partial charge in [0.15, 0.2) is 0 Å². The Bertz CT molecular complexity index is 417. The standard InChI is InChI=1S/C13H16F3NO/c1-17-11(5-7-13(14,15)16)10-4-2-3-9-6-8-18-12(9)10/h2-4,11,17H,5-8H2,1H3. The van der Waals surface area contributed by atoms with Crippen LogP contribution in [0.25, 0.3) is 0 Å². The van der Waals surface area contributed by atoms with Gasteiger partial charge in [0.05, 0.1) is 6.61 Å². The van der Waals surface area contributed by atoms with Crippen molar-refractivity contribution in [1.82, 2.24) is 5.32 Å². The van der Waals surface area contributed by atoms with E-state index in [-0.39, 0.29) is 12.5 Å². The second-order valence-electron chi connectivity index (χ2n) is 4.43. The van der Waals surface area contributed by atoms with Crippen LogP contribution in [0.4, 0.5) is 13.2 Å². The minimum absolute atomic E-state index is 0.0276. The molecule has 1 aliphatic rings. The molecule has 1 unspecified atom stereocenters. The molecule has 100 valence electrons. The first kappa shape index (κ1) is 13.2. The van der Waals surface area contributed by atoms with Gasteiger partial charge in [0.1, 0.15) is 5.75 Å². The van der Waals surface area contributed by atoms with Crippen molar-refractivity contribution in [3.8, 4) is 5.75 Å². The predicted octanol–water partition coefficient (Wildman–Crippen LogP) is 3.22. The molecule has 2 nitrogen and oxygen atoms in total. The number of ether oxygens (including phenoxy) is 1. The van der Waals surface area contributed by atoms with Crippen molar-refractivity contribution in [2.75, 3.05) is 13.7 Å². The summed E-state index contributed by atoms with van der Waals surface area (Å²) in [5.41, 5.74) is 1.91.